The lowest BCUT2D eigenvalue weighted by molar-refractivity contribution is -0.0648. The van der Waals surface area contributed by atoms with Gasteiger partial charge < -0.3 is 9.84 Å². The number of aliphatic hydroxyl groups is 1. The summed E-state index contributed by atoms with van der Waals surface area (Å²) in [5, 5.41) is 9.90. The Morgan fingerprint density at radius 3 is 2.81 bits per heavy atom. The number of nitrogens with zero attached hydrogens (tertiary/aromatic N) is 1. The lowest BCUT2D eigenvalue weighted by Crippen LogP contribution is -2.50. The van der Waals surface area contributed by atoms with Gasteiger partial charge in [-0.2, -0.15) is 0 Å². The molecule has 4 unspecified atom stereocenters. The summed E-state index contributed by atoms with van der Waals surface area (Å²) in [7, 11) is 0. The maximum Gasteiger partial charge on any atom is 0.0730 e. The second-order valence-corrected chi connectivity index (χ2v) is 5.66. The summed E-state index contributed by atoms with van der Waals surface area (Å²) in [5.41, 5.74) is 0. The van der Waals surface area contributed by atoms with Gasteiger partial charge in [0, 0.05) is 19.1 Å². The van der Waals surface area contributed by atoms with E-state index < -0.39 is 0 Å². The molecule has 0 aromatic rings. The van der Waals surface area contributed by atoms with Crippen LogP contribution in [0.2, 0.25) is 0 Å². The topological polar surface area (TPSA) is 32.7 Å². The van der Waals surface area contributed by atoms with E-state index in [0.717, 1.165) is 26.1 Å². The third-order valence-corrected chi connectivity index (χ3v) is 4.69. The molecule has 92 valence electrons. The lowest BCUT2D eigenvalue weighted by Gasteiger charge is -2.39. The van der Waals surface area contributed by atoms with Crippen molar-refractivity contribution >= 4 is 0 Å². The van der Waals surface area contributed by atoms with Gasteiger partial charge >= 0.3 is 0 Å². The summed E-state index contributed by atoms with van der Waals surface area (Å²) in [6, 6.07) is 0.654. The Morgan fingerprint density at radius 2 is 2.00 bits per heavy atom. The van der Waals surface area contributed by atoms with E-state index in [4.69, 9.17) is 4.74 Å². The number of fused-ring (bicyclic) bond motifs is 1. The maximum atomic E-state index is 9.90. The summed E-state index contributed by atoms with van der Waals surface area (Å²) in [6.45, 7) is 3.07. The molecule has 0 aromatic carbocycles. The highest BCUT2D eigenvalue weighted by molar-refractivity contribution is 4.91. The molecular weight excluding hydrogens is 202 g/mol. The van der Waals surface area contributed by atoms with Crippen molar-refractivity contribution in [1.29, 1.82) is 0 Å². The molecule has 1 aliphatic heterocycles. The summed E-state index contributed by atoms with van der Waals surface area (Å²) >= 11 is 0. The van der Waals surface area contributed by atoms with E-state index in [1.165, 1.54) is 32.1 Å². The molecule has 1 saturated heterocycles. The highest BCUT2D eigenvalue weighted by Crippen LogP contribution is 2.33. The maximum absolute atomic E-state index is 9.90. The molecule has 16 heavy (non-hydrogen) atoms. The van der Waals surface area contributed by atoms with Gasteiger partial charge in [0.2, 0.25) is 0 Å². The monoisotopic (exact) mass is 225 g/mol. The van der Waals surface area contributed by atoms with Crippen LogP contribution in [0.4, 0.5) is 0 Å². The van der Waals surface area contributed by atoms with Gasteiger partial charge in [-0.1, -0.05) is 6.42 Å². The van der Waals surface area contributed by atoms with Crippen LogP contribution in [-0.4, -0.2) is 48.0 Å². The van der Waals surface area contributed by atoms with E-state index in [0.29, 0.717) is 18.1 Å². The van der Waals surface area contributed by atoms with Gasteiger partial charge in [-0.05, 0) is 38.0 Å². The number of morpholine rings is 1. The zero-order valence-corrected chi connectivity index (χ0v) is 9.98. The quantitative estimate of drug-likeness (QED) is 0.771. The van der Waals surface area contributed by atoms with Crippen molar-refractivity contribution in [3.8, 4) is 0 Å². The van der Waals surface area contributed by atoms with Crippen molar-refractivity contribution in [2.45, 2.75) is 56.8 Å². The van der Waals surface area contributed by atoms with Crippen LogP contribution >= 0.6 is 0 Å². The zero-order valence-electron chi connectivity index (χ0n) is 9.98. The number of aliphatic hydroxyl groups excluding tert-OH is 1. The molecule has 3 nitrogen and oxygen atoms in total. The third-order valence-electron chi connectivity index (χ3n) is 4.69. The van der Waals surface area contributed by atoms with Crippen LogP contribution in [0.15, 0.2) is 0 Å². The van der Waals surface area contributed by atoms with Crippen molar-refractivity contribution < 1.29 is 9.84 Å². The fourth-order valence-electron chi connectivity index (χ4n) is 3.76. The molecule has 4 atom stereocenters. The van der Waals surface area contributed by atoms with Gasteiger partial charge in [0.15, 0.2) is 0 Å². The van der Waals surface area contributed by atoms with Crippen LogP contribution in [0.5, 0.6) is 0 Å². The Labute approximate surface area is 97.8 Å². The largest absolute Gasteiger partial charge is 0.393 e. The number of rotatable bonds is 2. The lowest BCUT2D eigenvalue weighted by atomic mass is 10.0. The predicted molar refractivity (Wildman–Crippen MR) is 62.3 cm³/mol. The van der Waals surface area contributed by atoms with Gasteiger partial charge in [-0.25, -0.2) is 0 Å². The van der Waals surface area contributed by atoms with Crippen LogP contribution in [0.25, 0.3) is 0 Å². The average molecular weight is 225 g/mol. The smallest absolute Gasteiger partial charge is 0.0730 e. The molecular formula is C13H23NO2. The Morgan fingerprint density at radius 1 is 1.12 bits per heavy atom. The molecule has 1 heterocycles. The van der Waals surface area contributed by atoms with Crippen molar-refractivity contribution in [3.63, 3.8) is 0 Å². The summed E-state index contributed by atoms with van der Waals surface area (Å²) in [6.07, 6.45) is 7.76. The zero-order chi connectivity index (χ0) is 11.0. The second kappa shape index (κ2) is 4.63. The number of ether oxygens (including phenoxy) is 1. The Bertz CT molecular complexity index is 246. The van der Waals surface area contributed by atoms with Crippen molar-refractivity contribution in [3.05, 3.63) is 0 Å². The molecule has 3 aliphatic rings. The Balaban J connectivity index is 1.60. The minimum absolute atomic E-state index is 0.0392. The first-order valence-electron chi connectivity index (χ1n) is 6.88. The fraction of sp³-hybridized carbons (Fsp3) is 1.00. The van der Waals surface area contributed by atoms with Gasteiger partial charge in [0.25, 0.3) is 0 Å². The van der Waals surface area contributed by atoms with E-state index in [2.05, 4.69) is 4.90 Å². The fourth-order valence-corrected chi connectivity index (χ4v) is 3.76. The molecule has 0 spiro atoms. The predicted octanol–water partition coefficient (Wildman–Crippen LogP) is 1.40. The van der Waals surface area contributed by atoms with Crippen molar-refractivity contribution in [1.82, 2.24) is 4.90 Å². The standard InChI is InChI=1S/C13H23NO2/c15-12-5-1-3-10(12)9-14-7-8-16-13-6-2-4-11(13)14/h10-13,15H,1-9H2. The van der Waals surface area contributed by atoms with E-state index in [1.54, 1.807) is 0 Å². The normalized spacial score (nSPS) is 44.8. The molecule has 2 saturated carbocycles. The average Bonchev–Trinajstić information content (AvgIpc) is 2.89. The molecule has 0 bridgehead atoms. The van der Waals surface area contributed by atoms with Crippen LogP contribution in [0.1, 0.15) is 38.5 Å². The van der Waals surface area contributed by atoms with E-state index in [-0.39, 0.29) is 6.10 Å². The summed E-state index contributed by atoms with van der Waals surface area (Å²) < 4.78 is 5.82. The number of hydrogen-bond donors (Lipinski definition) is 1. The highest BCUT2D eigenvalue weighted by Gasteiger charge is 2.38. The summed E-state index contributed by atoms with van der Waals surface area (Å²) in [4.78, 5) is 2.60. The van der Waals surface area contributed by atoms with Crippen LogP contribution in [-0.2, 0) is 4.74 Å². The van der Waals surface area contributed by atoms with E-state index >= 15 is 0 Å². The van der Waals surface area contributed by atoms with Crippen molar-refractivity contribution in [2.75, 3.05) is 19.7 Å². The minimum Gasteiger partial charge on any atom is -0.393 e. The first-order chi connectivity index (χ1) is 7.84. The van der Waals surface area contributed by atoms with Gasteiger partial charge in [0.05, 0.1) is 18.8 Å². The third kappa shape index (κ3) is 2.01. The molecule has 0 amide bonds. The van der Waals surface area contributed by atoms with E-state index in [1.807, 2.05) is 0 Å². The van der Waals surface area contributed by atoms with Gasteiger partial charge in [-0.15, -0.1) is 0 Å². The SMILES string of the molecule is OC1CCCC1CN1CCOC2CCCC21. The van der Waals surface area contributed by atoms with Crippen molar-refractivity contribution in [2.24, 2.45) is 5.92 Å². The molecule has 3 fully saturated rings. The van der Waals surface area contributed by atoms with Crippen LogP contribution in [0, 0.1) is 5.92 Å². The molecule has 1 N–H and O–H groups in total. The van der Waals surface area contributed by atoms with E-state index in [9.17, 15) is 5.11 Å². The number of hydrogen-bond acceptors (Lipinski definition) is 3. The highest BCUT2D eigenvalue weighted by atomic mass is 16.5. The second-order valence-electron chi connectivity index (χ2n) is 5.66. The first kappa shape index (κ1) is 11.0. The first-order valence-corrected chi connectivity index (χ1v) is 6.88. The van der Waals surface area contributed by atoms with Gasteiger partial charge in [0.1, 0.15) is 0 Å². The minimum atomic E-state index is -0.0392. The summed E-state index contributed by atoms with van der Waals surface area (Å²) in [5.74, 6) is 0.527. The molecule has 2 aliphatic carbocycles. The Hall–Kier alpha value is -0.120. The van der Waals surface area contributed by atoms with Crippen LogP contribution < -0.4 is 0 Å². The molecule has 0 aromatic heterocycles. The molecule has 3 heteroatoms. The Kier molecular flexibility index (Phi) is 3.18. The van der Waals surface area contributed by atoms with Crippen LogP contribution in [0.3, 0.4) is 0 Å². The molecule has 3 rings (SSSR count). The molecule has 0 radical (unpaired) electrons. The van der Waals surface area contributed by atoms with Gasteiger partial charge in [-0.3, -0.25) is 4.90 Å².